The Morgan fingerprint density at radius 2 is 1.38 bits per heavy atom. The lowest BCUT2D eigenvalue weighted by atomic mass is 9.84. The van der Waals surface area contributed by atoms with E-state index in [4.69, 9.17) is 10.5 Å². The Hall–Kier alpha value is -5.50. The summed E-state index contributed by atoms with van der Waals surface area (Å²) < 4.78 is 3.00. The van der Waals surface area contributed by atoms with E-state index in [2.05, 4.69) is 52.0 Å². The molecule has 338 valence electrons. The number of nitrogens with two attached hydrogens (primary N) is 1. The molecule has 5 aromatic rings. The van der Waals surface area contributed by atoms with Crippen molar-refractivity contribution < 1.29 is 29.0 Å². The number of hydrogen-bond acceptors (Lipinski definition) is 9. The molecule has 4 aromatic carbocycles. The van der Waals surface area contributed by atoms with Gasteiger partial charge in [-0.3, -0.25) is 14.4 Å². The second-order valence-corrected chi connectivity index (χ2v) is 19.7. The number of amides is 4. The predicted molar refractivity (Wildman–Crippen MR) is 256 cm³/mol. The fourth-order valence-electron chi connectivity index (χ4n) is 8.49. The maximum atomic E-state index is 15.3. The van der Waals surface area contributed by atoms with Crippen LogP contribution < -0.4 is 16.4 Å². The molecular formula is C51H61N5O6S2. The molecule has 6 rings (SSSR count). The van der Waals surface area contributed by atoms with E-state index >= 15 is 4.79 Å². The van der Waals surface area contributed by atoms with Crippen molar-refractivity contribution in [2.45, 2.75) is 113 Å². The van der Waals surface area contributed by atoms with E-state index in [1.165, 1.54) is 4.90 Å². The Morgan fingerprint density at radius 1 is 0.828 bits per heavy atom. The number of nitrogens with zero attached hydrogens (tertiary/aromatic N) is 2. The highest BCUT2D eigenvalue weighted by Gasteiger charge is 2.50. The number of benzene rings is 4. The van der Waals surface area contributed by atoms with Crippen molar-refractivity contribution in [3.8, 4) is 10.4 Å². The summed E-state index contributed by atoms with van der Waals surface area (Å²) in [5, 5.41) is 17.3. The van der Waals surface area contributed by atoms with E-state index in [-0.39, 0.29) is 37.7 Å². The van der Waals surface area contributed by atoms with E-state index in [0.717, 1.165) is 76.9 Å². The number of aliphatic hydroxyl groups is 1. The van der Waals surface area contributed by atoms with Gasteiger partial charge >= 0.3 is 6.09 Å². The summed E-state index contributed by atoms with van der Waals surface area (Å²) in [7, 11) is 0. The number of primary amides is 1. The Kier molecular flexibility index (Phi) is 17.2. The van der Waals surface area contributed by atoms with Gasteiger partial charge in [-0.25, -0.2) is 9.78 Å². The van der Waals surface area contributed by atoms with Crippen LogP contribution in [0.25, 0.3) is 10.4 Å². The van der Waals surface area contributed by atoms with Crippen molar-refractivity contribution in [3.05, 3.63) is 149 Å². The van der Waals surface area contributed by atoms with E-state index < -0.39 is 39.7 Å². The van der Waals surface area contributed by atoms with Gasteiger partial charge in [-0.05, 0) is 61.4 Å². The minimum absolute atomic E-state index is 0.0389. The van der Waals surface area contributed by atoms with Crippen LogP contribution in [-0.2, 0) is 30.4 Å². The molecule has 0 aliphatic carbocycles. The average molecular weight is 904 g/mol. The SMILES string of the molecule is Cc1ncsc1-c1ccc(CNC(=O)[C@@H]2C[C@@H](O)CN2C(=O)C(NC(=O)CCCCCCCCCOC(N)=O)C(C)(C)SC(c2ccccc2)(c2ccccc2)c2ccccc2)cc1. The van der Waals surface area contributed by atoms with Gasteiger partial charge < -0.3 is 31.1 Å². The van der Waals surface area contributed by atoms with Gasteiger partial charge in [0.15, 0.2) is 0 Å². The summed E-state index contributed by atoms with van der Waals surface area (Å²) in [6.45, 7) is 6.47. The van der Waals surface area contributed by atoms with Gasteiger partial charge in [0, 0.05) is 30.7 Å². The number of aryl methyl sites for hydroxylation is 1. The van der Waals surface area contributed by atoms with Crippen molar-refractivity contribution in [2.75, 3.05) is 13.2 Å². The van der Waals surface area contributed by atoms with E-state index in [1.54, 1.807) is 23.1 Å². The highest BCUT2D eigenvalue weighted by molar-refractivity contribution is 8.02. The van der Waals surface area contributed by atoms with E-state index in [9.17, 15) is 19.5 Å². The number of hydrogen-bond donors (Lipinski definition) is 4. The van der Waals surface area contributed by atoms with Crippen LogP contribution in [0, 0.1) is 6.92 Å². The molecule has 1 aromatic heterocycles. The first-order chi connectivity index (χ1) is 30.9. The quantitative estimate of drug-likeness (QED) is 0.0395. The topological polar surface area (TPSA) is 164 Å². The van der Waals surface area contributed by atoms with Crippen LogP contribution in [0.1, 0.15) is 99.6 Å². The third kappa shape index (κ3) is 12.4. The molecule has 64 heavy (non-hydrogen) atoms. The van der Waals surface area contributed by atoms with Crippen LogP contribution in [0.4, 0.5) is 4.79 Å². The Morgan fingerprint density at radius 3 is 1.91 bits per heavy atom. The van der Waals surface area contributed by atoms with Crippen LogP contribution in [0.3, 0.4) is 0 Å². The molecule has 1 aliphatic heterocycles. The molecule has 1 saturated heterocycles. The maximum absolute atomic E-state index is 15.3. The van der Waals surface area contributed by atoms with Gasteiger partial charge in [-0.15, -0.1) is 23.1 Å². The number of carbonyl (C=O) groups excluding carboxylic acids is 4. The Labute approximate surface area is 385 Å². The minimum Gasteiger partial charge on any atom is -0.450 e. The number of nitrogens with one attached hydrogen (secondary N) is 2. The number of rotatable bonds is 22. The van der Waals surface area contributed by atoms with Crippen LogP contribution in [0.5, 0.6) is 0 Å². The molecule has 4 amide bonds. The average Bonchev–Trinajstić information content (AvgIpc) is 3.92. The van der Waals surface area contributed by atoms with Gasteiger partial charge in [-0.2, -0.15) is 0 Å². The second-order valence-electron chi connectivity index (χ2n) is 17.0. The molecule has 0 radical (unpaired) electrons. The van der Waals surface area contributed by atoms with Crippen LogP contribution >= 0.6 is 23.1 Å². The van der Waals surface area contributed by atoms with Crippen LogP contribution in [-0.4, -0.2) is 74.9 Å². The fraction of sp³-hybridized carbons (Fsp3) is 0.392. The maximum Gasteiger partial charge on any atom is 0.404 e. The van der Waals surface area contributed by atoms with Gasteiger partial charge in [0.1, 0.15) is 12.1 Å². The zero-order valence-electron chi connectivity index (χ0n) is 37.0. The molecule has 0 spiro atoms. The van der Waals surface area contributed by atoms with Gasteiger partial charge in [0.25, 0.3) is 0 Å². The summed E-state index contributed by atoms with van der Waals surface area (Å²) in [4.78, 5) is 61.1. The molecule has 3 atom stereocenters. The third-order valence-electron chi connectivity index (χ3n) is 11.8. The minimum atomic E-state index is -1.08. The highest BCUT2D eigenvalue weighted by atomic mass is 32.2. The summed E-state index contributed by atoms with van der Waals surface area (Å²) >= 11 is 3.17. The summed E-state index contributed by atoms with van der Waals surface area (Å²) in [5.74, 6) is -1.04. The molecule has 2 heterocycles. The highest BCUT2D eigenvalue weighted by Crippen LogP contribution is 2.54. The van der Waals surface area contributed by atoms with Crippen molar-refractivity contribution in [1.82, 2.24) is 20.5 Å². The Bertz CT molecular complexity index is 2180. The number of aliphatic hydroxyl groups excluding tert-OH is 1. The lowest BCUT2D eigenvalue weighted by molar-refractivity contribution is -0.142. The zero-order chi connectivity index (χ0) is 45.5. The molecule has 1 fully saturated rings. The van der Waals surface area contributed by atoms with Crippen LogP contribution in [0.2, 0.25) is 0 Å². The largest absolute Gasteiger partial charge is 0.450 e. The van der Waals surface area contributed by atoms with Crippen molar-refractivity contribution in [3.63, 3.8) is 0 Å². The standard InChI is InChI=1S/C51H61N5O6S2/c1-36-45(63-35-54-36)38-29-27-37(28-30-38)33-53-47(59)43-32-42(57)34-56(43)48(60)46(55-44(58)26-18-7-5-4-6-8-19-31-62-49(52)61)50(2,3)64-51(39-20-12-9-13-21-39,40-22-14-10-15-23-40)41-24-16-11-17-25-41/h9-17,20-25,27-30,35,42-43,46,57H,4-8,18-19,26,31-34H2,1-3H3,(H2,52,61)(H,53,59)(H,55,58)/t42-,43+,46?/m1/s1. The Balaban J connectivity index is 1.24. The smallest absolute Gasteiger partial charge is 0.404 e. The molecule has 13 heteroatoms. The zero-order valence-corrected chi connectivity index (χ0v) is 38.7. The molecular weight excluding hydrogens is 843 g/mol. The molecule has 0 bridgehead atoms. The lowest BCUT2D eigenvalue weighted by Crippen LogP contribution is -2.60. The third-order valence-corrected chi connectivity index (χ3v) is 14.5. The molecule has 1 unspecified atom stereocenters. The van der Waals surface area contributed by atoms with E-state index in [0.29, 0.717) is 13.0 Å². The van der Waals surface area contributed by atoms with Gasteiger partial charge in [0.2, 0.25) is 17.7 Å². The van der Waals surface area contributed by atoms with Crippen molar-refractivity contribution in [1.29, 1.82) is 0 Å². The van der Waals surface area contributed by atoms with Gasteiger partial charge in [-0.1, -0.05) is 147 Å². The number of likely N-dealkylation sites (tertiary alicyclic amines) is 1. The molecule has 0 saturated carbocycles. The number of aromatic nitrogens is 1. The number of unbranched alkanes of at least 4 members (excludes halogenated alkanes) is 6. The van der Waals surface area contributed by atoms with Crippen molar-refractivity contribution in [2.24, 2.45) is 5.73 Å². The van der Waals surface area contributed by atoms with Crippen LogP contribution in [0.15, 0.2) is 121 Å². The van der Waals surface area contributed by atoms with Crippen molar-refractivity contribution >= 4 is 46.9 Å². The predicted octanol–water partition coefficient (Wildman–Crippen LogP) is 8.90. The monoisotopic (exact) mass is 903 g/mol. The molecule has 11 nitrogen and oxygen atoms in total. The van der Waals surface area contributed by atoms with Gasteiger partial charge in [0.05, 0.1) is 33.5 Å². The first-order valence-electron chi connectivity index (χ1n) is 22.2. The normalized spacial score (nSPS) is 15.7. The molecule has 5 N–H and O–H groups in total. The number of carbonyl (C=O) groups is 4. The number of β-amino-alcohol motifs (C(OH)–C–C–N with tert-alkyl or cyclic N) is 1. The number of ether oxygens (including phenoxy) is 1. The number of thioether (sulfide) groups is 1. The first kappa shape index (κ1) is 48.0. The fourth-order valence-corrected chi connectivity index (χ4v) is 11.1. The first-order valence-corrected chi connectivity index (χ1v) is 23.9. The molecule has 1 aliphatic rings. The van der Waals surface area contributed by atoms with E-state index in [1.807, 2.05) is 105 Å². The number of thiazole rings is 1. The summed E-state index contributed by atoms with van der Waals surface area (Å²) in [6, 6.07) is 36.5. The lowest BCUT2D eigenvalue weighted by Gasteiger charge is -2.45. The summed E-state index contributed by atoms with van der Waals surface area (Å²) in [6.07, 6.45) is 4.72. The summed E-state index contributed by atoms with van der Waals surface area (Å²) in [5.41, 5.74) is 12.8. The second kappa shape index (κ2) is 22.9.